The van der Waals surface area contributed by atoms with Crippen LogP contribution in [0.3, 0.4) is 0 Å². The molecule has 0 saturated carbocycles. The molecular weight excluding hydrogens is 483 g/mol. The van der Waals surface area contributed by atoms with Crippen LogP contribution in [0.1, 0.15) is 5.56 Å². The van der Waals surface area contributed by atoms with Crippen LogP contribution >= 0.6 is 11.6 Å². The van der Waals surface area contributed by atoms with Crippen LogP contribution in [0, 0.1) is 10.1 Å². The molecule has 0 aromatic heterocycles. The summed E-state index contributed by atoms with van der Waals surface area (Å²) >= 11 is 5.70. The van der Waals surface area contributed by atoms with Gasteiger partial charge in [-0.25, -0.2) is 4.79 Å². The van der Waals surface area contributed by atoms with Gasteiger partial charge in [-0.15, -0.1) is 0 Å². The standard InChI is InChI=1S/C22H15ClF3NO7/c1-31-21(28)12-32-18-4-2-3-5-19(18)33-14-7-9-17(27(29)30)20(11-14)34-13-6-8-15(16(23)10-13)22(24,25)26/h2-11H,12H2,1H3. The monoisotopic (exact) mass is 497 g/mol. The Hall–Kier alpha value is -3.99. The number of benzene rings is 3. The number of carbonyl (C=O) groups excluding carboxylic acids is 1. The average Bonchev–Trinajstić information content (AvgIpc) is 2.77. The Balaban J connectivity index is 1.89. The van der Waals surface area contributed by atoms with E-state index in [1.807, 2.05) is 0 Å². The molecule has 0 amide bonds. The number of nitro groups is 1. The van der Waals surface area contributed by atoms with E-state index in [-0.39, 0.29) is 35.4 Å². The number of nitro benzene ring substituents is 1. The zero-order chi connectivity index (χ0) is 24.9. The number of hydrogen-bond acceptors (Lipinski definition) is 7. The third kappa shape index (κ3) is 6.07. The molecule has 0 radical (unpaired) electrons. The minimum atomic E-state index is -4.67. The van der Waals surface area contributed by atoms with Crippen molar-refractivity contribution in [1.82, 2.24) is 0 Å². The van der Waals surface area contributed by atoms with Crippen LogP contribution in [0.2, 0.25) is 5.02 Å². The van der Waals surface area contributed by atoms with E-state index in [9.17, 15) is 28.1 Å². The van der Waals surface area contributed by atoms with E-state index in [0.717, 1.165) is 18.2 Å². The van der Waals surface area contributed by atoms with Gasteiger partial charge in [0.15, 0.2) is 18.1 Å². The third-order valence-electron chi connectivity index (χ3n) is 4.25. The van der Waals surface area contributed by atoms with Crippen molar-refractivity contribution in [3.63, 3.8) is 0 Å². The van der Waals surface area contributed by atoms with E-state index >= 15 is 0 Å². The van der Waals surface area contributed by atoms with Gasteiger partial charge in [0.2, 0.25) is 5.75 Å². The van der Waals surface area contributed by atoms with Gasteiger partial charge in [0.1, 0.15) is 11.5 Å². The Morgan fingerprint density at radius 3 is 2.21 bits per heavy atom. The number of carbonyl (C=O) groups is 1. The number of nitrogens with zero attached hydrogens (tertiary/aromatic N) is 1. The first kappa shape index (κ1) is 24.6. The van der Waals surface area contributed by atoms with Crippen LogP contribution in [0.5, 0.6) is 28.7 Å². The smallest absolute Gasteiger partial charge is 0.417 e. The molecule has 0 spiro atoms. The number of alkyl halides is 3. The molecule has 12 heteroatoms. The normalized spacial score (nSPS) is 11.0. The summed E-state index contributed by atoms with van der Waals surface area (Å²) in [6, 6.07) is 12.5. The number of halogens is 4. The lowest BCUT2D eigenvalue weighted by molar-refractivity contribution is -0.385. The fraction of sp³-hybridized carbons (Fsp3) is 0.136. The van der Waals surface area contributed by atoms with E-state index < -0.39 is 33.3 Å². The molecule has 0 saturated heterocycles. The molecule has 34 heavy (non-hydrogen) atoms. The predicted octanol–water partition coefficient (Wildman–Crippen LogP) is 6.40. The highest BCUT2D eigenvalue weighted by atomic mass is 35.5. The molecule has 0 heterocycles. The summed E-state index contributed by atoms with van der Waals surface area (Å²) in [5, 5.41) is 10.8. The fourth-order valence-electron chi connectivity index (χ4n) is 2.68. The summed E-state index contributed by atoms with van der Waals surface area (Å²) in [7, 11) is 1.20. The van der Waals surface area contributed by atoms with Crippen molar-refractivity contribution in [3.8, 4) is 28.7 Å². The Morgan fingerprint density at radius 2 is 1.59 bits per heavy atom. The number of ether oxygens (including phenoxy) is 4. The first-order chi connectivity index (χ1) is 16.1. The zero-order valence-electron chi connectivity index (χ0n) is 17.3. The number of para-hydroxylation sites is 2. The van der Waals surface area contributed by atoms with Gasteiger partial charge in [-0.3, -0.25) is 10.1 Å². The third-order valence-corrected chi connectivity index (χ3v) is 4.56. The SMILES string of the molecule is COC(=O)COc1ccccc1Oc1ccc([N+](=O)[O-])c(Oc2ccc(C(F)(F)F)c(Cl)c2)c1. The first-order valence-electron chi connectivity index (χ1n) is 9.38. The molecule has 3 aromatic rings. The molecular formula is C22H15ClF3NO7. The largest absolute Gasteiger partial charge is 0.478 e. The maximum Gasteiger partial charge on any atom is 0.417 e. The van der Waals surface area contributed by atoms with Crippen molar-refractivity contribution >= 4 is 23.3 Å². The molecule has 0 fully saturated rings. The second-order valence-corrected chi connectivity index (χ2v) is 6.95. The Kier molecular flexibility index (Phi) is 7.47. The van der Waals surface area contributed by atoms with E-state index in [0.29, 0.717) is 6.07 Å². The summed E-state index contributed by atoms with van der Waals surface area (Å²) in [6.45, 7) is -0.375. The molecule has 178 valence electrons. The minimum absolute atomic E-state index is 0.0905. The van der Waals surface area contributed by atoms with Crippen LogP contribution in [0.25, 0.3) is 0 Å². The number of esters is 1. The maximum absolute atomic E-state index is 12.9. The van der Waals surface area contributed by atoms with Crippen molar-refractivity contribution in [2.24, 2.45) is 0 Å². The second-order valence-electron chi connectivity index (χ2n) is 6.54. The summed E-state index contributed by atoms with van der Waals surface area (Å²) < 4.78 is 59.8. The van der Waals surface area contributed by atoms with E-state index in [4.69, 9.17) is 25.8 Å². The van der Waals surface area contributed by atoms with Crippen LogP contribution in [-0.4, -0.2) is 24.6 Å². The average molecular weight is 498 g/mol. The lowest BCUT2D eigenvalue weighted by Crippen LogP contribution is -2.12. The number of rotatable bonds is 8. The molecule has 3 aromatic carbocycles. The second kappa shape index (κ2) is 10.3. The van der Waals surface area contributed by atoms with Gasteiger partial charge >= 0.3 is 17.8 Å². The predicted molar refractivity (Wildman–Crippen MR) is 114 cm³/mol. The van der Waals surface area contributed by atoms with E-state index in [1.165, 1.54) is 31.4 Å². The summed E-state index contributed by atoms with van der Waals surface area (Å²) in [6.07, 6.45) is -4.67. The summed E-state index contributed by atoms with van der Waals surface area (Å²) in [5.74, 6) is -0.595. The van der Waals surface area contributed by atoms with E-state index in [1.54, 1.807) is 12.1 Å². The minimum Gasteiger partial charge on any atom is -0.478 e. The fourth-order valence-corrected chi connectivity index (χ4v) is 2.96. The zero-order valence-corrected chi connectivity index (χ0v) is 18.1. The van der Waals surface area contributed by atoms with Crippen molar-refractivity contribution in [3.05, 3.63) is 81.4 Å². The summed E-state index contributed by atoms with van der Waals surface area (Å²) in [5.41, 5.74) is -1.53. The maximum atomic E-state index is 12.9. The molecule has 0 aliphatic heterocycles. The Labute approximate surface area is 195 Å². The lowest BCUT2D eigenvalue weighted by Gasteiger charge is -2.14. The van der Waals surface area contributed by atoms with Gasteiger partial charge < -0.3 is 18.9 Å². The highest BCUT2D eigenvalue weighted by molar-refractivity contribution is 6.31. The molecule has 0 bridgehead atoms. The van der Waals surface area contributed by atoms with Gasteiger partial charge in [0.25, 0.3) is 0 Å². The van der Waals surface area contributed by atoms with Crippen LogP contribution < -0.4 is 14.2 Å². The molecule has 0 unspecified atom stereocenters. The molecule has 0 atom stereocenters. The van der Waals surface area contributed by atoms with Gasteiger partial charge in [-0.05, 0) is 30.3 Å². The van der Waals surface area contributed by atoms with Crippen molar-refractivity contribution in [1.29, 1.82) is 0 Å². The highest BCUT2D eigenvalue weighted by Gasteiger charge is 2.33. The lowest BCUT2D eigenvalue weighted by atomic mass is 10.2. The van der Waals surface area contributed by atoms with Gasteiger partial charge in [-0.2, -0.15) is 13.2 Å². The van der Waals surface area contributed by atoms with Crippen LogP contribution in [0.4, 0.5) is 18.9 Å². The Morgan fingerprint density at radius 1 is 0.971 bits per heavy atom. The molecule has 0 N–H and O–H groups in total. The van der Waals surface area contributed by atoms with Gasteiger partial charge in [-0.1, -0.05) is 23.7 Å². The highest BCUT2D eigenvalue weighted by Crippen LogP contribution is 2.41. The first-order valence-corrected chi connectivity index (χ1v) is 9.76. The van der Waals surface area contributed by atoms with Crippen LogP contribution in [0.15, 0.2) is 60.7 Å². The van der Waals surface area contributed by atoms with Crippen molar-refractivity contribution in [2.45, 2.75) is 6.18 Å². The quantitative estimate of drug-likeness (QED) is 0.202. The molecule has 3 rings (SSSR count). The number of methoxy groups -OCH3 is 1. The van der Waals surface area contributed by atoms with Crippen LogP contribution in [-0.2, 0) is 15.7 Å². The molecule has 8 nitrogen and oxygen atoms in total. The molecule has 0 aliphatic rings. The summed E-state index contributed by atoms with van der Waals surface area (Å²) in [4.78, 5) is 22.0. The van der Waals surface area contributed by atoms with Gasteiger partial charge in [0, 0.05) is 18.2 Å². The molecule has 0 aliphatic carbocycles. The topological polar surface area (TPSA) is 97.1 Å². The van der Waals surface area contributed by atoms with E-state index in [2.05, 4.69) is 4.74 Å². The van der Waals surface area contributed by atoms with Crippen molar-refractivity contribution in [2.75, 3.05) is 13.7 Å². The number of hydrogen-bond donors (Lipinski definition) is 0. The van der Waals surface area contributed by atoms with Crippen molar-refractivity contribution < 1.29 is 41.8 Å². The van der Waals surface area contributed by atoms with Gasteiger partial charge in [0.05, 0.1) is 22.6 Å². The Bertz CT molecular complexity index is 1220.